The van der Waals surface area contributed by atoms with Gasteiger partial charge in [-0.2, -0.15) is 0 Å². The summed E-state index contributed by atoms with van der Waals surface area (Å²) >= 11 is 1.81. The number of carbonyl (C=O) groups excluding carboxylic acids is 2. The van der Waals surface area contributed by atoms with E-state index in [1.807, 2.05) is 43.0 Å². The van der Waals surface area contributed by atoms with Gasteiger partial charge in [0.15, 0.2) is 0 Å². The third-order valence-electron chi connectivity index (χ3n) is 6.37. The van der Waals surface area contributed by atoms with Crippen molar-refractivity contribution in [3.05, 3.63) is 59.9 Å². The number of benzene rings is 2. The second-order valence-corrected chi connectivity index (χ2v) is 8.74. The normalized spacial score (nSPS) is 28.1. The molecule has 2 saturated heterocycles. The van der Waals surface area contributed by atoms with Crippen molar-refractivity contribution in [2.75, 3.05) is 28.4 Å². The molecule has 0 aromatic heterocycles. The van der Waals surface area contributed by atoms with Gasteiger partial charge in [0, 0.05) is 41.2 Å². The molecule has 2 amide bonds. The van der Waals surface area contributed by atoms with Gasteiger partial charge in [0.2, 0.25) is 5.91 Å². The van der Waals surface area contributed by atoms with Crippen molar-refractivity contribution in [3.8, 4) is 0 Å². The summed E-state index contributed by atoms with van der Waals surface area (Å²) in [6, 6.07) is 13.8. The van der Waals surface area contributed by atoms with Gasteiger partial charge in [-0.05, 0) is 43.7 Å². The van der Waals surface area contributed by atoms with Gasteiger partial charge in [0.05, 0.1) is 5.92 Å². The van der Waals surface area contributed by atoms with Crippen LogP contribution in [-0.2, 0) is 15.1 Å². The molecule has 0 aliphatic carbocycles. The average molecular weight is 412 g/mol. The molecule has 5 nitrogen and oxygen atoms in total. The molecule has 0 radical (unpaired) electrons. The Morgan fingerprint density at radius 1 is 1.24 bits per heavy atom. The van der Waals surface area contributed by atoms with Gasteiger partial charge in [-0.25, -0.2) is 4.39 Å². The van der Waals surface area contributed by atoms with E-state index >= 15 is 0 Å². The second-order valence-electron chi connectivity index (χ2n) is 7.74. The third kappa shape index (κ3) is 2.57. The Morgan fingerprint density at radius 3 is 2.76 bits per heavy atom. The van der Waals surface area contributed by atoms with Crippen LogP contribution in [0.15, 0.2) is 48.5 Å². The van der Waals surface area contributed by atoms with Crippen LogP contribution in [0.3, 0.4) is 0 Å². The minimum absolute atomic E-state index is 0.00884. The Labute approximate surface area is 173 Å². The lowest BCUT2D eigenvalue weighted by molar-refractivity contribution is -0.136. The molecule has 0 unspecified atom stereocenters. The number of amides is 2. The number of carbonyl (C=O) groups is 2. The first kappa shape index (κ1) is 18.6. The van der Waals surface area contributed by atoms with Crippen LogP contribution in [0.5, 0.6) is 0 Å². The molecule has 2 fully saturated rings. The first-order chi connectivity index (χ1) is 14.1. The second kappa shape index (κ2) is 6.85. The van der Waals surface area contributed by atoms with Gasteiger partial charge in [-0.3, -0.25) is 14.5 Å². The van der Waals surface area contributed by atoms with Crippen LogP contribution >= 0.6 is 11.8 Å². The highest BCUT2D eigenvalue weighted by atomic mass is 32.2. The highest BCUT2D eigenvalue weighted by Gasteiger charge is 2.67. The maximum absolute atomic E-state index is 13.8. The van der Waals surface area contributed by atoms with Gasteiger partial charge >= 0.3 is 0 Å². The molecule has 3 atom stereocenters. The summed E-state index contributed by atoms with van der Waals surface area (Å²) in [6.45, 7) is 2.53. The molecule has 2 aromatic carbocycles. The number of thioether (sulfide) groups is 1. The summed E-state index contributed by atoms with van der Waals surface area (Å²) in [7, 11) is 0. The molecule has 7 heteroatoms. The number of hydrogen-bond donors (Lipinski definition) is 1. The maximum atomic E-state index is 13.8. The number of likely N-dealkylation sites (N-methyl/N-ethyl adjacent to an activating group) is 1. The number of rotatable bonds is 3. The number of para-hydroxylation sites is 1. The SMILES string of the molecule is CCN1C(=O)[C@]2(c3ccccc31)[C@H](C(=O)Nc1ccc(F)cc1)C[C@H]1CSCN12. The first-order valence-corrected chi connectivity index (χ1v) is 11.0. The number of hydrogen-bond acceptors (Lipinski definition) is 4. The Hall–Kier alpha value is -2.38. The molecule has 1 N–H and O–H groups in total. The molecule has 150 valence electrons. The molecular weight excluding hydrogens is 389 g/mol. The van der Waals surface area contributed by atoms with E-state index in [0.717, 1.165) is 22.9 Å². The number of nitrogens with one attached hydrogen (secondary N) is 1. The predicted molar refractivity (Wildman–Crippen MR) is 112 cm³/mol. The molecule has 5 rings (SSSR count). The molecule has 3 aliphatic heterocycles. The fourth-order valence-corrected chi connectivity index (χ4v) is 6.46. The van der Waals surface area contributed by atoms with E-state index in [0.29, 0.717) is 18.7 Å². The fraction of sp³-hybridized carbons (Fsp3) is 0.364. The lowest BCUT2D eigenvalue weighted by Crippen LogP contribution is -2.55. The van der Waals surface area contributed by atoms with E-state index in [1.165, 1.54) is 12.1 Å². The summed E-state index contributed by atoms with van der Waals surface area (Å²) in [5.41, 5.74) is 1.40. The van der Waals surface area contributed by atoms with Gasteiger partial charge in [0.1, 0.15) is 11.4 Å². The summed E-state index contributed by atoms with van der Waals surface area (Å²) in [6.07, 6.45) is 0.637. The fourth-order valence-electron chi connectivity index (χ4n) is 5.16. The Balaban J connectivity index is 1.59. The molecule has 29 heavy (non-hydrogen) atoms. The molecular formula is C22H22FN3O2S. The number of fused-ring (bicyclic) bond motifs is 4. The number of halogens is 1. The zero-order valence-corrected chi connectivity index (χ0v) is 16.9. The Bertz CT molecular complexity index is 982. The molecule has 1 spiro atoms. The van der Waals surface area contributed by atoms with Gasteiger partial charge in [0.25, 0.3) is 5.91 Å². The van der Waals surface area contributed by atoms with E-state index in [-0.39, 0.29) is 23.7 Å². The van der Waals surface area contributed by atoms with Crippen molar-refractivity contribution < 1.29 is 14.0 Å². The van der Waals surface area contributed by atoms with Crippen LogP contribution in [0.2, 0.25) is 0 Å². The lowest BCUT2D eigenvalue weighted by atomic mass is 9.79. The van der Waals surface area contributed by atoms with E-state index < -0.39 is 11.5 Å². The summed E-state index contributed by atoms with van der Waals surface area (Å²) in [5, 5.41) is 2.93. The van der Waals surface area contributed by atoms with Crippen LogP contribution in [0.1, 0.15) is 18.9 Å². The van der Waals surface area contributed by atoms with E-state index in [4.69, 9.17) is 0 Å². The zero-order chi connectivity index (χ0) is 20.2. The van der Waals surface area contributed by atoms with Crippen molar-refractivity contribution in [3.63, 3.8) is 0 Å². The number of nitrogens with zero attached hydrogens (tertiary/aromatic N) is 2. The van der Waals surface area contributed by atoms with Crippen LogP contribution in [0.25, 0.3) is 0 Å². The molecule has 0 bridgehead atoms. The predicted octanol–water partition coefficient (Wildman–Crippen LogP) is 3.42. The third-order valence-corrected chi connectivity index (χ3v) is 7.45. The van der Waals surface area contributed by atoms with Crippen molar-refractivity contribution >= 4 is 35.0 Å². The standard InChI is InChI=1S/C22H22FN3O2S/c1-2-25-19-6-4-3-5-17(19)22(21(25)28)18(11-16-12-29-13-26(16)22)20(27)24-15-9-7-14(23)8-10-15/h3-10,16,18H,2,11-13H2,1H3,(H,24,27)/t16-,18-,22-/m0/s1. The summed E-state index contributed by atoms with van der Waals surface area (Å²) in [5.74, 6) is 0.620. The molecule has 3 heterocycles. The maximum Gasteiger partial charge on any atom is 0.253 e. The number of anilines is 2. The van der Waals surface area contributed by atoms with Crippen LogP contribution < -0.4 is 10.2 Å². The smallest absolute Gasteiger partial charge is 0.253 e. The molecule has 3 aliphatic rings. The van der Waals surface area contributed by atoms with E-state index in [9.17, 15) is 14.0 Å². The first-order valence-electron chi connectivity index (χ1n) is 9.89. The van der Waals surface area contributed by atoms with Gasteiger partial charge in [-0.15, -0.1) is 11.8 Å². The van der Waals surface area contributed by atoms with Crippen molar-refractivity contribution in [1.29, 1.82) is 0 Å². The summed E-state index contributed by atoms with van der Waals surface area (Å²) in [4.78, 5) is 31.3. The minimum Gasteiger partial charge on any atom is -0.326 e. The van der Waals surface area contributed by atoms with Crippen molar-refractivity contribution in [2.24, 2.45) is 5.92 Å². The van der Waals surface area contributed by atoms with Crippen LogP contribution in [0, 0.1) is 11.7 Å². The highest BCUT2D eigenvalue weighted by Crippen LogP contribution is 2.57. The van der Waals surface area contributed by atoms with Gasteiger partial charge < -0.3 is 10.2 Å². The topological polar surface area (TPSA) is 52.7 Å². The molecule has 0 saturated carbocycles. The quantitative estimate of drug-likeness (QED) is 0.841. The largest absolute Gasteiger partial charge is 0.326 e. The highest BCUT2D eigenvalue weighted by molar-refractivity contribution is 7.99. The van der Waals surface area contributed by atoms with E-state index in [2.05, 4.69) is 10.2 Å². The van der Waals surface area contributed by atoms with Crippen molar-refractivity contribution in [1.82, 2.24) is 4.90 Å². The van der Waals surface area contributed by atoms with Crippen LogP contribution in [-0.4, -0.2) is 40.9 Å². The molecule has 2 aromatic rings. The minimum atomic E-state index is -0.967. The average Bonchev–Trinajstić information content (AvgIpc) is 3.37. The van der Waals surface area contributed by atoms with E-state index in [1.54, 1.807) is 17.0 Å². The Kier molecular flexibility index (Phi) is 4.40. The monoisotopic (exact) mass is 411 g/mol. The zero-order valence-electron chi connectivity index (χ0n) is 16.1. The Morgan fingerprint density at radius 2 is 2.00 bits per heavy atom. The lowest BCUT2D eigenvalue weighted by Gasteiger charge is -2.36. The summed E-state index contributed by atoms with van der Waals surface area (Å²) < 4.78 is 13.2. The van der Waals surface area contributed by atoms with Crippen LogP contribution in [0.4, 0.5) is 15.8 Å². The van der Waals surface area contributed by atoms with Crippen molar-refractivity contribution in [2.45, 2.75) is 24.9 Å². The van der Waals surface area contributed by atoms with Gasteiger partial charge in [-0.1, -0.05) is 18.2 Å².